The summed E-state index contributed by atoms with van der Waals surface area (Å²) >= 11 is 0. The number of hydrogen-bond donors (Lipinski definition) is 1. The second kappa shape index (κ2) is 2.31. The molecule has 0 saturated carbocycles. The fraction of sp³-hybridized carbons (Fsp3) is 1.00. The van der Waals surface area contributed by atoms with Crippen LogP contribution in [0.3, 0.4) is 0 Å². The molecule has 1 N–H and O–H groups in total. The van der Waals surface area contributed by atoms with Crippen molar-refractivity contribution in [1.29, 1.82) is 0 Å². The normalized spacial score (nSPS) is 29.9. The summed E-state index contributed by atoms with van der Waals surface area (Å²) < 4.78 is 21.0. The molecule has 1 rings (SSSR count). The van der Waals surface area contributed by atoms with Gasteiger partial charge in [-0.2, -0.15) is 0 Å². The van der Waals surface area contributed by atoms with E-state index in [-0.39, 0.29) is 0 Å². The van der Waals surface area contributed by atoms with Crippen molar-refractivity contribution in [2.75, 3.05) is 19.9 Å². The molecule has 0 aromatic carbocycles. The Morgan fingerprint density at radius 1 is 1.50 bits per heavy atom. The van der Waals surface area contributed by atoms with Crippen LogP contribution in [0.5, 0.6) is 0 Å². The summed E-state index contributed by atoms with van der Waals surface area (Å²) in [5.74, 6) is 0. The van der Waals surface area contributed by atoms with Crippen molar-refractivity contribution in [3.05, 3.63) is 0 Å². The molecule has 5 heteroatoms. The van der Waals surface area contributed by atoms with Gasteiger partial charge in [-0.25, -0.2) is 0 Å². The molecule has 0 spiro atoms. The van der Waals surface area contributed by atoms with Crippen LogP contribution in [0.2, 0.25) is 0 Å². The first-order valence-electron chi connectivity index (χ1n) is 3.04. The molecule has 0 aliphatic carbocycles. The standard InChI is InChI=1S/C5H11O4P/c1-5(10(2,6)7)8-3-4-9-5/h3-4H2,1-2H3,(H,6,7). The van der Waals surface area contributed by atoms with Gasteiger partial charge >= 0.3 is 0 Å². The fourth-order valence-corrected chi connectivity index (χ4v) is 1.40. The van der Waals surface area contributed by atoms with Crippen LogP contribution in [0, 0.1) is 0 Å². The molecule has 1 atom stereocenters. The third-order valence-corrected chi connectivity index (χ3v) is 3.34. The third kappa shape index (κ3) is 1.25. The van der Waals surface area contributed by atoms with Crippen LogP contribution in [0.1, 0.15) is 6.92 Å². The van der Waals surface area contributed by atoms with Crippen LogP contribution in [-0.2, 0) is 14.0 Å². The lowest BCUT2D eigenvalue weighted by atomic mass is 10.8. The van der Waals surface area contributed by atoms with Crippen molar-refractivity contribution < 1.29 is 18.9 Å². The average molecular weight is 166 g/mol. The molecular formula is C5H11O4P. The van der Waals surface area contributed by atoms with E-state index in [1.807, 2.05) is 0 Å². The van der Waals surface area contributed by atoms with Crippen molar-refractivity contribution in [2.24, 2.45) is 0 Å². The summed E-state index contributed by atoms with van der Waals surface area (Å²) in [5, 5.41) is 0. The van der Waals surface area contributed by atoms with E-state index in [1.165, 1.54) is 13.6 Å². The minimum absolute atomic E-state index is 0.398. The zero-order chi connectivity index (χ0) is 7.83. The zero-order valence-corrected chi connectivity index (χ0v) is 6.93. The first kappa shape index (κ1) is 8.21. The van der Waals surface area contributed by atoms with Crippen molar-refractivity contribution in [1.82, 2.24) is 0 Å². The summed E-state index contributed by atoms with van der Waals surface area (Å²) in [6.07, 6.45) is 0. The monoisotopic (exact) mass is 166 g/mol. The highest BCUT2D eigenvalue weighted by atomic mass is 31.2. The van der Waals surface area contributed by atoms with Crippen molar-refractivity contribution >= 4 is 7.37 Å². The number of ether oxygens (including phenoxy) is 2. The highest BCUT2D eigenvalue weighted by Gasteiger charge is 2.45. The molecule has 0 aromatic heterocycles. The number of hydrogen-bond acceptors (Lipinski definition) is 3. The molecule has 4 nitrogen and oxygen atoms in total. The summed E-state index contributed by atoms with van der Waals surface area (Å²) in [6, 6.07) is 0. The van der Waals surface area contributed by atoms with E-state index in [9.17, 15) is 4.57 Å². The smallest absolute Gasteiger partial charge is 0.255 e. The van der Waals surface area contributed by atoms with E-state index in [4.69, 9.17) is 14.4 Å². The minimum atomic E-state index is -3.27. The van der Waals surface area contributed by atoms with Gasteiger partial charge in [0.05, 0.1) is 13.2 Å². The molecule has 0 radical (unpaired) electrons. The van der Waals surface area contributed by atoms with Gasteiger partial charge in [0.2, 0.25) is 5.53 Å². The summed E-state index contributed by atoms with van der Waals surface area (Å²) in [4.78, 5) is 9.08. The van der Waals surface area contributed by atoms with Gasteiger partial charge < -0.3 is 14.4 Å². The van der Waals surface area contributed by atoms with Crippen molar-refractivity contribution in [2.45, 2.75) is 12.5 Å². The minimum Gasteiger partial charge on any atom is -0.341 e. The van der Waals surface area contributed by atoms with Gasteiger partial charge in [-0.15, -0.1) is 0 Å². The predicted octanol–water partition coefficient (Wildman–Crippen LogP) is 0.607. The quantitative estimate of drug-likeness (QED) is 0.580. The third-order valence-electron chi connectivity index (χ3n) is 1.58. The molecule has 0 aromatic rings. The van der Waals surface area contributed by atoms with Crippen LogP contribution in [-0.4, -0.2) is 30.3 Å². The maximum absolute atomic E-state index is 11.0. The Kier molecular flexibility index (Phi) is 1.90. The van der Waals surface area contributed by atoms with Crippen molar-refractivity contribution in [3.8, 4) is 0 Å². The predicted molar refractivity (Wildman–Crippen MR) is 36.1 cm³/mol. The molecule has 0 amide bonds. The van der Waals surface area contributed by atoms with E-state index in [1.54, 1.807) is 0 Å². The fourth-order valence-electron chi connectivity index (χ4n) is 0.743. The first-order chi connectivity index (χ1) is 4.46. The van der Waals surface area contributed by atoms with E-state index in [0.717, 1.165) is 0 Å². The summed E-state index contributed by atoms with van der Waals surface area (Å²) in [7, 11) is -3.27. The highest BCUT2D eigenvalue weighted by molar-refractivity contribution is 7.58. The van der Waals surface area contributed by atoms with Crippen LogP contribution in [0.15, 0.2) is 0 Å². The molecule has 1 unspecified atom stereocenters. The maximum Gasteiger partial charge on any atom is 0.255 e. The van der Waals surface area contributed by atoms with E-state index in [2.05, 4.69) is 0 Å². The average Bonchev–Trinajstić information content (AvgIpc) is 2.13. The molecule has 1 saturated heterocycles. The first-order valence-corrected chi connectivity index (χ1v) is 5.15. The van der Waals surface area contributed by atoms with Gasteiger partial charge in [0.1, 0.15) is 0 Å². The molecule has 1 aliphatic rings. The SMILES string of the molecule is CC1(P(C)(=O)O)OCCO1. The molecule has 0 bridgehead atoms. The lowest BCUT2D eigenvalue weighted by Gasteiger charge is -2.24. The molecule has 1 fully saturated rings. The second-order valence-electron chi connectivity index (χ2n) is 2.47. The Morgan fingerprint density at radius 3 is 2.10 bits per heavy atom. The van der Waals surface area contributed by atoms with Gasteiger partial charge in [0, 0.05) is 6.66 Å². The van der Waals surface area contributed by atoms with Gasteiger partial charge in [-0.05, 0) is 6.92 Å². The van der Waals surface area contributed by atoms with Gasteiger partial charge in [-0.1, -0.05) is 0 Å². The Labute approximate surface area is 59.6 Å². The lowest BCUT2D eigenvalue weighted by molar-refractivity contribution is -0.0773. The summed E-state index contributed by atoms with van der Waals surface area (Å²) in [6.45, 7) is 3.52. The van der Waals surface area contributed by atoms with E-state index in [0.29, 0.717) is 13.2 Å². The van der Waals surface area contributed by atoms with Gasteiger partial charge in [0.25, 0.3) is 7.37 Å². The Hall–Kier alpha value is 0.110. The molecule has 10 heavy (non-hydrogen) atoms. The topological polar surface area (TPSA) is 55.8 Å². The zero-order valence-electron chi connectivity index (χ0n) is 6.03. The largest absolute Gasteiger partial charge is 0.341 e. The molecule has 60 valence electrons. The van der Waals surface area contributed by atoms with Gasteiger partial charge in [-0.3, -0.25) is 4.57 Å². The highest BCUT2D eigenvalue weighted by Crippen LogP contribution is 2.53. The van der Waals surface area contributed by atoms with Crippen LogP contribution < -0.4 is 0 Å². The van der Waals surface area contributed by atoms with Crippen LogP contribution in [0.4, 0.5) is 0 Å². The second-order valence-corrected chi connectivity index (χ2v) is 5.04. The number of rotatable bonds is 1. The maximum atomic E-state index is 11.0. The van der Waals surface area contributed by atoms with Crippen molar-refractivity contribution in [3.63, 3.8) is 0 Å². The van der Waals surface area contributed by atoms with Crippen LogP contribution >= 0.6 is 7.37 Å². The van der Waals surface area contributed by atoms with E-state index < -0.39 is 12.9 Å². The Balaban J connectivity index is 2.78. The lowest BCUT2D eigenvalue weighted by Crippen LogP contribution is -2.24. The molecular weight excluding hydrogens is 155 g/mol. The Morgan fingerprint density at radius 2 is 1.90 bits per heavy atom. The summed E-state index contributed by atoms with van der Waals surface area (Å²) in [5.41, 5.74) is -1.26. The van der Waals surface area contributed by atoms with Gasteiger partial charge in [0.15, 0.2) is 0 Å². The Bertz CT molecular complexity index is 166. The molecule has 1 aliphatic heterocycles. The molecule has 1 heterocycles. The van der Waals surface area contributed by atoms with Crippen LogP contribution in [0.25, 0.3) is 0 Å². The van der Waals surface area contributed by atoms with E-state index >= 15 is 0 Å².